The van der Waals surface area contributed by atoms with E-state index in [9.17, 15) is 4.79 Å². The molecule has 0 aromatic carbocycles. The molecule has 1 amide bonds. The number of carbonyl (C=O) groups excluding carboxylic acids is 1. The molecule has 0 saturated heterocycles. The first-order valence-electron chi connectivity index (χ1n) is 6.13. The molecule has 0 aliphatic carbocycles. The van der Waals surface area contributed by atoms with Gasteiger partial charge in [0.15, 0.2) is 0 Å². The van der Waals surface area contributed by atoms with Crippen molar-refractivity contribution in [3.63, 3.8) is 0 Å². The molecular formula is C13H21N3O2. The number of nitrogens with zero attached hydrogens (tertiary/aromatic N) is 3. The largest absolute Gasteiger partial charge is 0.395 e. The van der Waals surface area contributed by atoms with E-state index in [0.717, 1.165) is 18.7 Å². The van der Waals surface area contributed by atoms with Crippen molar-refractivity contribution in [3.05, 3.63) is 24.0 Å². The first-order valence-corrected chi connectivity index (χ1v) is 6.13. The SMILES string of the molecule is CCCN(CCO)c1ccnc(C(=O)N(C)C)c1. The van der Waals surface area contributed by atoms with Gasteiger partial charge in [0.1, 0.15) is 5.69 Å². The van der Waals surface area contributed by atoms with Gasteiger partial charge in [0.25, 0.3) is 5.91 Å². The lowest BCUT2D eigenvalue weighted by Crippen LogP contribution is -2.28. The van der Waals surface area contributed by atoms with Gasteiger partial charge in [0, 0.05) is 39.1 Å². The summed E-state index contributed by atoms with van der Waals surface area (Å²) in [4.78, 5) is 19.5. The predicted molar refractivity (Wildman–Crippen MR) is 71.8 cm³/mol. The fourth-order valence-corrected chi connectivity index (χ4v) is 1.72. The Morgan fingerprint density at radius 2 is 2.11 bits per heavy atom. The molecule has 1 N–H and O–H groups in total. The van der Waals surface area contributed by atoms with E-state index in [4.69, 9.17) is 5.11 Å². The number of hydrogen-bond acceptors (Lipinski definition) is 4. The highest BCUT2D eigenvalue weighted by molar-refractivity contribution is 5.92. The molecule has 0 fully saturated rings. The van der Waals surface area contributed by atoms with Crippen LogP contribution in [0.4, 0.5) is 5.69 Å². The topological polar surface area (TPSA) is 56.7 Å². The Labute approximate surface area is 108 Å². The molecule has 100 valence electrons. The van der Waals surface area contributed by atoms with Gasteiger partial charge in [0.05, 0.1) is 6.61 Å². The molecule has 0 radical (unpaired) electrons. The maximum absolute atomic E-state index is 11.8. The summed E-state index contributed by atoms with van der Waals surface area (Å²) in [5, 5.41) is 9.06. The molecular weight excluding hydrogens is 230 g/mol. The van der Waals surface area contributed by atoms with Crippen molar-refractivity contribution in [1.82, 2.24) is 9.88 Å². The fraction of sp³-hybridized carbons (Fsp3) is 0.538. The van der Waals surface area contributed by atoms with E-state index in [-0.39, 0.29) is 12.5 Å². The minimum Gasteiger partial charge on any atom is -0.395 e. The number of carbonyl (C=O) groups is 1. The maximum Gasteiger partial charge on any atom is 0.272 e. The number of amides is 1. The van der Waals surface area contributed by atoms with Crippen LogP contribution >= 0.6 is 0 Å². The van der Waals surface area contributed by atoms with Gasteiger partial charge in [-0.1, -0.05) is 6.92 Å². The van der Waals surface area contributed by atoms with Gasteiger partial charge in [0.2, 0.25) is 0 Å². The molecule has 5 heteroatoms. The third-order valence-corrected chi connectivity index (χ3v) is 2.60. The van der Waals surface area contributed by atoms with E-state index in [0.29, 0.717) is 12.2 Å². The second kappa shape index (κ2) is 6.96. The Morgan fingerprint density at radius 3 is 2.67 bits per heavy atom. The Balaban J connectivity index is 2.95. The Kier molecular flexibility index (Phi) is 5.58. The Hall–Kier alpha value is -1.62. The lowest BCUT2D eigenvalue weighted by molar-refractivity contribution is 0.0822. The molecule has 0 unspecified atom stereocenters. The molecule has 1 aromatic rings. The third kappa shape index (κ3) is 3.70. The van der Waals surface area contributed by atoms with Crippen LogP contribution in [0.2, 0.25) is 0 Å². The number of aliphatic hydroxyl groups excluding tert-OH is 1. The second-order valence-electron chi connectivity index (χ2n) is 4.31. The summed E-state index contributed by atoms with van der Waals surface area (Å²) < 4.78 is 0. The molecule has 5 nitrogen and oxygen atoms in total. The van der Waals surface area contributed by atoms with E-state index < -0.39 is 0 Å². The second-order valence-corrected chi connectivity index (χ2v) is 4.31. The smallest absolute Gasteiger partial charge is 0.272 e. The van der Waals surface area contributed by atoms with Crippen LogP contribution in [-0.4, -0.2) is 54.7 Å². The molecule has 0 bridgehead atoms. The van der Waals surface area contributed by atoms with Crippen LogP contribution in [-0.2, 0) is 0 Å². The van der Waals surface area contributed by atoms with Crippen molar-refractivity contribution in [3.8, 4) is 0 Å². The van der Waals surface area contributed by atoms with Gasteiger partial charge in [-0.2, -0.15) is 0 Å². The molecule has 0 saturated carbocycles. The molecule has 0 aliphatic heterocycles. The normalized spacial score (nSPS) is 10.2. The highest BCUT2D eigenvalue weighted by atomic mass is 16.3. The summed E-state index contributed by atoms with van der Waals surface area (Å²) in [5.74, 6) is -0.114. The van der Waals surface area contributed by atoms with E-state index in [1.165, 1.54) is 4.90 Å². The van der Waals surface area contributed by atoms with Gasteiger partial charge in [-0.05, 0) is 18.6 Å². The average Bonchev–Trinajstić information content (AvgIpc) is 2.37. The summed E-state index contributed by atoms with van der Waals surface area (Å²) >= 11 is 0. The molecule has 18 heavy (non-hydrogen) atoms. The number of pyridine rings is 1. The van der Waals surface area contributed by atoms with Crippen LogP contribution < -0.4 is 4.90 Å². The molecule has 0 spiro atoms. The molecule has 0 aliphatic rings. The Morgan fingerprint density at radius 1 is 1.39 bits per heavy atom. The zero-order valence-electron chi connectivity index (χ0n) is 11.3. The standard InChI is InChI=1S/C13H21N3O2/c1-4-7-16(8-9-17)11-5-6-14-12(10-11)13(18)15(2)3/h5-6,10,17H,4,7-9H2,1-3H3. The Bertz CT molecular complexity index is 388. The van der Waals surface area contributed by atoms with Crippen molar-refractivity contribution in [2.45, 2.75) is 13.3 Å². The van der Waals surface area contributed by atoms with Gasteiger partial charge in [-0.15, -0.1) is 0 Å². The van der Waals surface area contributed by atoms with Crippen LogP contribution in [0.25, 0.3) is 0 Å². The predicted octanol–water partition coefficient (Wildman–Crippen LogP) is 0.992. The van der Waals surface area contributed by atoms with Gasteiger partial charge >= 0.3 is 0 Å². The van der Waals surface area contributed by atoms with E-state index >= 15 is 0 Å². The van der Waals surface area contributed by atoms with E-state index in [1.54, 1.807) is 26.4 Å². The van der Waals surface area contributed by atoms with Gasteiger partial charge in [-0.25, -0.2) is 0 Å². The zero-order valence-corrected chi connectivity index (χ0v) is 11.3. The summed E-state index contributed by atoms with van der Waals surface area (Å²) in [6.07, 6.45) is 2.62. The zero-order chi connectivity index (χ0) is 13.5. The number of anilines is 1. The van der Waals surface area contributed by atoms with E-state index in [1.807, 2.05) is 11.0 Å². The minimum atomic E-state index is -0.114. The van der Waals surface area contributed by atoms with Gasteiger partial charge in [-0.3, -0.25) is 9.78 Å². The molecule has 1 rings (SSSR count). The summed E-state index contributed by atoms with van der Waals surface area (Å²) in [6.45, 7) is 3.59. The highest BCUT2D eigenvalue weighted by Gasteiger charge is 2.12. The van der Waals surface area contributed by atoms with Crippen molar-refractivity contribution >= 4 is 11.6 Å². The lowest BCUT2D eigenvalue weighted by Gasteiger charge is -2.23. The minimum absolute atomic E-state index is 0.0965. The summed E-state index contributed by atoms with van der Waals surface area (Å²) in [6, 6.07) is 3.63. The van der Waals surface area contributed by atoms with Crippen LogP contribution in [0.5, 0.6) is 0 Å². The van der Waals surface area contributed by atoms with E-state index in [2.05, 4.69) is 11.9 Å². The van der Waals surface area contributed by atoms with Crippen LogP contribution in [0, 0.1) is 0 Å². The van der Waals surface area contributed by atoms with Crippen molar-refractivity contribution in [2.24, 2.45) is 0 Å². The molecule has 1 aromatic heterocycles. The van der Waals surface area contributed by atoms with Crippen molar-refractivity contribution < 1.29 is 9.90 Å². The number of aliphatic hydroxyl groups is 1. The van der Waals surface area contributed by atoms with Crippen LogP contribution in [0.1, 0.15) is 23.8 Å². The highest BCUT2D eigenvalue weighted by Crippen LogP contribution is 2.15. The average molecular weight is 251 g/mol. The molecule has 0 atom stereocenters. The number of aromatic nitrogens is 1. The van der Waals surface area contributed by atoms with Crippen LogP contribution in [0.3, 0.4) is 0 Å². The quantitative estimate of drug-likeness (QED) is 0.819. The van der Waals surface area contributed by atoms with Gasteiger partial charge < -0.3 is 14.9 Å². The molecule has 1 heterocycles. The maximum atomic E-state index is 11.8. The van der Waals surface area contributed by atoms with Crippen molar-refractivity contribution in [2.75, 3.05) is 38.7 Å². The first-order chi connectivity index (χ1) is 8.60. The van der Waals surface area contributed by atoms with Crippen LogP contribution in [0.15, 0.2) is 18.3 Å². The number of rotatable bonds is 6. The lowest BCUT2D eigenvalue weighted by atomic mass is 10.2. The monoisotopic (exact) mass is 251 g/mol. The van der Waals surface area contributed by atoms with Crippen molar-refractivity contribution in [1.29, 1.82) is 0 Å². The third-order valence-electron chi connectivity index (χ3n) is 2.60. The fourth-order valence-electron chi connectivity index (χ4n) is 1.72. The number of hydrogen-bond donors (Lipinski definition) is 1. The summed E-state index contributed by atoms with van der Waals surface area (Å²) in [5.41, 5.74) is 1.35. The summed E-state index contributed by atoms with van der Waals surface area (Å²) in [7, 11) is 3.41. The first kappa shape index (κ1) is 14.4.